The molecule has 0 bridgehead atoms. The fraction of sp³-hybridized carbons (Fsp3) is 0.250. The molecule has 8 heteroatoms. The maximum absolute atomic E-state index is 14.1. The monoisotopic (exact) mass is 483 g/mol. The number of fused-ring (bicyclic) bond motifs is 3. The molecule has 2 aromatic heterocycles. The second kappa shape index (κ2) is 7.37. The van der Waals surface area contributed by atoms with Gasteiger partial charge in [0.15, 0.2) is 0 Å². The van der Waals surface area contributed by atoms with Crippen LogP contribution in [0.25, 0.3) is 5.52 Å². The van der Waals surface area contributed by atoms with Crippen LogP contribution in [-0.4, -0.2) is 20.6 Å². The first-order chi connectivity index (χ1) is 13.3. The number of hydrogen-bond donors (Lipinski definition) is 2. The van der Waals surface area contributed by atoms with Gasteiger partial charge < -0.3 is 14.6 Å². The van der Waals surface area contributed by atoms with Crippen LogP contribution in [0.3, 0.4) is 0 Å². The van der Waals surface area contributed by atoms with E-state index in [1.54, 1.807) is 16.5 Å². The Morgan fingerprint density at radius 3 is 2.75 bits per heavy atom. The lowest BCUT2D eigenvalue weighted by molar-refractivity contribution is -0.143. The molecule has 0 fully saturated rings. The Morgan fingerprint density at radius 2 is 2.07 bits per heavy atom. The topological polar surface area (TPSA) is 61.9 Å². The van der Waals surface area contributed by atoms with Crippen LogP contribution in [0.2, 0.25) is 5.02 Å². The molecular weight excluding hydrogens is 469 g/mol. The molecule has 4 rings (SSSR count). The molecule has 0 saturated heterocycles. The quantitative estimate of drug-likeness (QED) is 0.503. The number of hydrogen-bond acceptors (Lipinski definition) is 3. The summed E-state index contributed by atoms with van der Waals surface area (Å²) in [6, 6.07) is 8.64. The lowest BCUT2D eigenvalue weighted by Gasteiger charge is -2.32. The van der Waals surface area contributed by atoms with Crippen molar-refractivity contribution in [1.29, 1.82) is 0 Å². The van der Waals surface area contributed by atoms with Gasteiger partial charge in [-0.15, -0.1) is 0 Å². The summed E-state index contributed by atoms with van der Waals surface area (Å²) in [4.78, 5) is 13.1. The van der Waals surface area contributed by atoms with Crippen molar-refractivity contribution in [3.8, 4) is 0 Å². The minimum Gasteiger partial charge on any atom is -0.481 e. The van der Waals surface area contributed by atoms with Crippen LogP contribution in [0.15, 0.2) is 50.8 Å². The average molecular weight is 485 g/mol. The molecule has 0 amide bonds. The second-order valence-corrected chi connectivity index (χ2v) is 9.26. The van der Waals surface area contributed by atoms with Crippen LogP contribution < -0.4 is 0 Å². The number of rotatable bonds is 4. The van der Waals surface area contributed by atoms with Gasteiger partial charge in [0.05, 0.1) is 11.9 Å². The standard InChI is InChI=1S/C20H16BrClFNO3S/c21-14-8-12(23)10-24-15-2-1-7-20(27,9-16(25)26)17(15)19(18(14)24)28-13-5-3-11(22)4-6-13/h3-6,8,10,27H,1-2,7,9H2,(H,25,26). The van der Waals surface area contributed by atoms with Crippen molar-refractivity contribution in [3.63, 3.8) is 0 Å². The molecule has 146 valence electrons. The highest BCUT2D eigenvalue weighted by Gasteiger charge is 2.42. The zero-order valence-electron chi connectivity index (χ0n) is 14.6. The Balaban J connectivity index is 1.99. The summed E-state index contributed by atoms with van der Waals surface area (Å²) in [5.74, 6) is -1.48. The summed E-state index contributed by atoms with van der Waals surface area (Å²) in [5, 5.41) is 21.3. The summed E-state index contributed by atoms with van der Waals surface area (Å²) in [6.45, 7) is 0. The molecule has 4 nitrogen and oxygen atoms in total. The van der Waals surface area contributed by atoms with Gasteiger partial charge in [-0.3, -0.25) is 4.79 Å². The van der Waals surface area contributed by atoms with Crippen molar-refractivity contribution in [1.82, 2.24) is 4.40 Å². The van der Waals surface area contributed by atoms with E-state index in [9.17, 15) is 19.4 Å². The van der Waals surface area contributed by atoms with E-state index in [0.29, 0.717) is 34.3 Å². The number of nitrogens with zero attached hydrogens (tertiary/aromatic N) is 1. The smallest absolute Gasteiger partial charge is 0.306 e. The number of carboxylic acid groups (broad SMARTS) is 1. The van der Waals surface area contributed by atoms with Gasteiger partial charge in [-0.1, -0.05) is 23.4 Å². The molecule has 1 aliphatic rings. The number of benzene rings is 1. The van der Waals surface area contributed by atoms with Crippen molar-refractivity contribution in [2.45, 2.75) is 41.1 Å². The normalized spacial score (nSPS) is 19.0. The predicted molar refractivity (Wildman–Crippen MR) is 110 cm³/mol. The number of aliphatic carboxylic acids is 1. The molecular formula is C20H16BrClFNO3S. The van der Waals surface area contributed by atoms with Crippen molar-refractivity contribution < 1.29 is 19.4 Å². The Bertz CT molecular complexity index is 1090. The summed E-state index contributed by atoms with van der Waals surface area (Å²) < 4.78 is 16.4. The van der Waals surface area contributed by atoms with Crippen LogP contribution in [-0.2, 0) is 16.8 Å². The fourth-order valence-corrected chi connectivity index (χ4v) is 5.96. The van der Waals surface area contributed by atoms with Crippen molar-refractivity contribution >= 4 is 50.8 Å². The molecule has 0 aliphatic heterocycles. The highest BCUT2D eigenvalue weighted by Crippen LogP contribution is 2.49. The van der Waals surface area contributed by atoms with E-state index >= 15 is 0 Å². The van der Waals surface area contributed by atoms with Crippen molar-refractivity contribution in [2.24, 2.45) is 0 Å². The molecule has 1 unspecified atom stereocenters. The maximum Gasteiger partial charge on any atom is 0.306 e. The Labute approximate surface area is 178 Å². The lowest BCUT2D eigenvalue weighted by atomic mass is 9.80. The SMILES string of the molecule is O=C(O)CC1(O)CCCc2c1c(Sc1ccc(Cl)cc1)c1c(Br)cc(F)cn21. The molecule has 1 aromatic carbocycles. The third kappa shape index (κ3) is 3.45. The van der Waals surface area contributed by atoms with E-state index in [4.69, 9.17) is 11.6 Å². The number of aromatic nitrogens is 1. The minimum absolute atomic E-state index is 0.345. The highest BCUT2D eigenvalue weighted by molar-refractivity contribution is 9.10. The fourth-order valence-electron chi connectivity index (χ4n) is 3.88. The Hall–Kier alpha value is -1.54. The van der Waals surface area contributed by atoms with E-state index in [2.05, 4.69) is 15.9 Å². The molecule has 0 radical (unpaired) electrons. The number of halogens is 3. The van der Waals surface area contributed by atoms with E-state index in [1.807, 2.05) is 12.1 Å². The van der Waals surface area contributed by atoms with E-state index < -0.39 is 23.8 Å². The number of pyridine rings is 1. The highest BCUT2D eigenvalue weighted by atomic mass is 79.9. The van der Waals surface area contributed by atoms with Gasteiger partial charge in [0.1, 0.15) is 11.4 Å². The second-order valence-electron chi connectivity index (χ2n) is 6.89. The molecule has 0 spiro atoms. The van der Waals surface area contributed by atoms with Crippen LogP contribution in [0.5, 0.6) is 0 Å². The van der Waals surface area contributed by atoms with Gasteiger partial charge in [0.2, 0.25) is 0 Å². The van der Waals surface area contributed by atoms with Crippen LogP contribution in [0, 0.1) is 5.82 Å². The van der Waals surface area contributed by atoms with Crippen LogP contribution in [0.1, 0.15) is 30.5 Å². The first kappa shape index (κ1) is 19.8. The van der Waals surface area contributed by atoms with Crippen LogP contribution >= 0.6 is 39.3 Å². The predicted octanol–water partition coefficient (Wildman–Crippen LogP) is 5.64. The average Bonchev–Trinajstić information content (AvgIpc) is 2.91. The molecule has 2 N–H and O–H groups in total. The molecule has 0 saturated carbocycles. The zero-order chi connectivity index (χ0) is 20.1. The van der Waals surface area contributed by atoms with Gasteiger partial charge >= 0.3 is 5.97 Å². The largest absolute Gasteiger partial charge is 0.481 e. The van der Waals surface area contributed by atoms with Crippen molar-refractivity contribution in [3.05, 3.63) is 63.1 Å². The van der Waals surface area contributed by atoms with Gasteiger partial charge in [0, 0.05) is 36.7 Å². The lowest BCUT2D eigenvalue weighted by Crippen LogP contribution is -2.33. The molecule has 2 heterocycles. The van der Waals surface area contributed by atoms with Gasteiger partial charge in [0.25, 0.3) is 0 Å². The first-order valence-electron chi connectivity index (χ1n) is 8.68. The van der Waals surface area contributed by atoms with Crippen molar-refractivity contribution in [2.75, 3.05) is 0 Å². The van der Waals surface area contributed by atoms with Gasteiger partial charge in [-0.2, -0.15) is 0 Å². The van der Waals surface area contributed by atoms with E-state index in [0.717, 1.165) is 21.0 Å². The molecule has 3 aromatic rings. The molecule has 28 heavy (non-hydrogen) atoms. The van der Waals surface area contributed by atoms with Gasteiger partial charge in [-0.25, -0.2) is 4.39 Å². The number of aryl methyl sites for hydroxylation is 1. The number of carboxylic acids is 1. The third-order valence-electron chi connectivity index (χ3n) is 4.95. The summed E-state index contributed by atoms with van der Waals surface area (Å²) in [5.41, 5.74) is 0.543. The summed E-state index contributed by atoms with van der Waals surface area (Å²) >= 11 is 10.8. The molecule has 1 aliphatic carbocycles. The number of aliphatic hydroxyl groups is 1. The first-order valence-corrected chi connectivity index (χ1v) is 10.7. The van der Waals surface area contributed by atoms with E-state index in [1.165, 1.54) is 24.0 Å². The van der Waals surface area contributed by atoms with Crippen LogP contribution in [0.4, 0.5) is 4.39 Å². The molecule has 1 atom stereocenters. The minimum atomic E-state index is -1.50. The Morgan fingerprint density at radius 1 is 1.36 bits per heavy atom. The summed E-state index contributed by atoms with van der Waals surface area (Å²) in [7, 11) is 0. The summed E-state index contributed by atoms with van der Waals surface area (Å²) in [6.07, 6.45) is 2.59. The number of carbonyl (C=O) groups is 1. The van der Waals surface area contributed by atoms with Gasteiger partial charge in [-0.05, 0) is 65.5 Å². The van der Waals surface area contributed by atoms with E-state index in [-0.39, 0.29) is 0 Å². The third-order valence-corrected chi connectivity index (χ3v) is 6.92. The zero-order valence-corrected chi connectivity index (χ0v) is 17.7. The Kier molecular flexibility index (Phi) is 5.20. The maximum atomic E-state index is 14.1.